The summed E-state index contributed by atoms with van der Waals surface area (Å²) in [5, 5.41) is 0. The molecule has 94 valence electrons. The van der Waals surface area contributed by atoms with Crippen molar-refractivity contribution in [3.8, 4) is 0 Å². The molecule has 2 unspecified atom stereocenters. The van der Waals surface area contributed by atoms with Crippen molar-refractivity contribution in [2.24, 2.45) is 11.8 Å². The Bertz CT molecular complexity index is 211. The molecule has 2 rings (SSSR count). The van der Waals surface area contributed by atoms with Gasteiger partial charge in [-0.15, -0.1) is 0 Å². The second kappa shape index (κ2) is 5.05. The first-order chi connectivity index (χ1) is 7.56. The van der Waals surface area contributed by atoms with Crippen LogP contribution < -0.4 is 0 Å². The molecule has 0 aromatic carbocycles. The maximum Gasteiger partial charge on any atom is 0.0227 e. The van der Waals surface area contributed by atoms with E-state index >= 15 is 0 Å². The molecule has 2 heterocycles. The van der Waals surface area contributed by atoms with Gasteiger partial charge in [-0.05, 0) is 24.7 Å². The van der Waals surface area contributed by atoms with Crippen molar-refractivity contribution >= 4 is 0 Å². The summed E-state index contributed by atoms with van der Waals surface area (Å²) in [5.74, 6) is 1.63. The molecule has 0 radical (unpaired) electrons. The zero-order chi connectivity index (χ0) is 11.7. The van der Waals surface area contributed by atoms with Crippen molar-refractivity contribution in [2.45, 2.75) is 52.6 Å². The smallest absolute Gasteiger partial charge is 0.0227 e. The van der Waals surface area contributed by atoms with Gasteiger partial charge in [0, 0.05) is 38.3 Å². The molecular weight excluding hydrogens is 196 g/mol. The van der Waals surface area contributed by atoms with Gasteiger partial charge < -0.3 is 0 Å². The van der Waals surface area contributed by atoms with Crippen molar-refractivity contribution < 1.29 is 0 Å². The molecular formula is C14H28N2. The van der Waals surface area contributed by atoms with E-state index in [0.29, 0.717) is 0 Å². The lowest BCUT2D eigenvalue weighted by molar-refractivity contribution is 0.0522. The summed E-state index contributed by atoms with van der Waals surface area (Å²) in [7, 11) is 0. The van der Waals surface area contributed by atoms with Crippen LogP contribution in [0.25, 0.3) is 0 Å². The number of fused-ring (bicyclic) bond motifs is 2. The molecule has 2 aliphatic rings. The SMILES string of the molecule is CC(C)CN1CC2CCC(C1)N2CC(C)C. The second-order valence-corrected chi connectivity index (χ2v) is 6.59. The number of rotatable bonds is 4. The second-order valence-electron chi connectivity index (χ2n) is 6.59. The first-order valence-corrected chi connectivity index (χ1v) is 7.04. The van der Waals surface area contributed by atoms with Crippen molar-refractivity contribution in [3.63, 3.8) is 0 Å². The van der Waals surface area contributed by atoms with Crippen molar-refractivity contribution in [3.05, 3.63) is 0 Å². The van der Waals surface area contributed by atoms with Crippen LogP contribution in [0, 0.1) is 11.8 Å². The summed E-state index contributed by atoms with van der Waals surface area (Å²) in [6.07, 6.45) is 2.87. The van der Waals surface area contributed by atoms with Crippen LogP contribution in [0.1, 0.15) is 40.5 Å². The van der Waals surface area contributed by atoms with E-state index in [9.17, 15) is 0 Å². The highest BCUT2D eigenvalue weighted by Crippen LogP contribution is 2.30. The van der Waals surface area contributed by atoms with E-state index in [1.165, 1.54) is 39.0 Å². The van der Waals surface area contributed by atoms with Gasteiger partial charge in [-0.25, -0.2) is 0 Å². The average Bonchev–Trinajstić information content (AvgIpc) is 2.43. The molecule has 2 aliphatic heterocycles. The van der Waals surface area contributed by atoms with Gasteiger partial charge >= 0.3 is 0 Å². The molecule has 0 aromatic heterocycles. The molecule has 2 atom stereocenters. The standard InChI is InChI=1S/C14H28N2/c1-11(2)7-15-9-13-5-6-14(10-15)16(13)8-12(3)4/h11-14H,5-10H2,1-4H3. The Morgan fingerprint density at radius 2 is 1.38 bits per heavy atom. The molecule has 0 N–H and O–H groups in total. The van der Waals surface area contributed by atoms with Gasteiger partial charge in [0.1, 0.15) is 0 Å². The molecule has 0 aliphatic carbocycles. The first kappa shape index (κ1) is 12.4. The van der Waals surface area contributed by atoms with E-state index in [-0.39, 0.29) is 0 Å². The predicted molar refractivity (Wildman–Crippen MR) is 69.6 cm³/mol. The molecule has 2 nitrogen and oxygen atoms in total. The number of hydrogen-bond donors (Lipinski definition) is 0. The third-order valence-electron chi connectivity index (χ3n) is 3.91. The van der Waals surface area contributed by atoms with E-state index in [1.54, 1.807) is 0 Å². The van der Waals surface area contributed by atoms with Gasteiger partial charge in [0.2, 0.25) is 0 Å². The third kappa shape index (κ3) is 2.78. The number of piperazine rings is 1. The van der Waals surface area contributed by atoms with E-state index in [4.69, 9.17) is 0 Å². The molecule has 0 aromatic rings. The minimum absolute atomic E-state index is 0.816. The number of hydrogen-bond acceptors (Lipinski definition) is 2. The number of likely N-dealkylation sites (tertiary alicyclic amines) is 1. The highest BCUT2D eigenvalue weighted by Gasteiger charge is 2.39. The first-order valence-electron chi connectivity index (χ1n) is 7.04. The van der Waals surface area contributed by atoms with Gasteiger partial charge in [0.25, 0.3) is 0 Å². The van der Waals surface area contributed by atoms with Crippen LogP contribution in [0.3, 0.4) is 0 Å². The van der Waals surface area contributed by atoms with Crippen LogP contribution in [0.5, 0.6) is 0 Å². The maximum atomic E-state index is 2.79. The lowest BCUT2D eigenvalue weighted by atomic mass is 10.1. The molecule has 16 heavy (non-hydrogen) atoms. The minimum atomic E-state index is 0.816. The fraction of sp³-hybridized carbons (Fsp3) is 1.00. The topological polar surface area (TPSA) is 6.48 Å². The molecule has 2 saturated heterocycles. The van der Waals surface area contributed by atoms with Crippen LogP contribution in [-0.2, 0) is 0 Å². The highest BCUT2D eigenvalue weighted by molar-refractivity contribution is 4.96. The highest BCUT2D eigenvalue weighted by atomic mass is 15.3. The Hall–Kier alpha value is -0.0800. The third-order valence-corrected chi connectivity index (χ3v) is 3.91. The Morgan fingerprint density at radius 1 is 0.875 bits per heavy atom. The van der Waals surface area contributed by atoms with E-state index in [0.717, 1.165) is 23.9 Å². The normalized spacial score (nSPS) is 31.9. The summed E-state index contributed by atoms with van der Waals surface area (Å²) >= 11 is 0. The van der Waals surface area contributed by atoms with E-state index in [1.807, 2.05) is 0 Å². The average molecular weight is 224 g/mol. The molecule has 0 spiro atoms. The van der Waals surface area contributed by atoms with Gasteiger partial charge in [0.15, 0.2) is 0 Å². The Labute approximate surface area is 101 Å². The summed E-state index contributed by atoms with van der Waals surface area (Å²) < 4.78 is 0. The lowest BCUT2D eigenvalue weighted by Crippen LogP contribution is -2.55. The predicted octanol–water partition coefficient (Wildman–Crippen LogP) is 2.45. The molecule has 2 fully saturated rings. The molecule has 0 amide bonds. The number of nitrogens with zero attached hydrogens (tertiary/aromatic N) is 2. The lowest BCUT2D eigenvalue weighted by Gasteiger charge is -2.42. The van der Waals surface area contributed by atoms with Crippen LogP contribution in [0.4, 0.5) is 0 Å². The monoisotopic (exact) mass is 224 g/mol. The fourth-order valence-corrected chi connectivity index (χ4v) is 3.46. The van der Waals surface area contributed by atoms with Crippen molar-refractivity contribution in [2.75, 3.05) is 26.2 Å². The zero-order valence-electron chi connectivity index (χ0n) is 11.4. The minimum Gasteiger partial charge on any atom is -0.300 e. The fourth-order valence-electron chi connectivity index (χ4n) is 3.46. The molecule has 0 saturated carbocycles. The Balaban J connectivity index is 1.90. The van der Waals surface area contributed by atoms with Crippen molar-refractivity contribution in [1.82, 2.24) is 9.80 Å². The Morgan fingerprint density at radius 3 is 1.81 bits per heavy atom. The largest absolute Gasteiger partial charge is 0.300 e. The quantitative estimate of drug-likeness (QED) is 0.724. The summed E-state index contributed by atoms with van der Waals surface area (Å²) in [6, 6.07) is 1.72. The van der Waals surface area contributed by atoms with Gasteiger partial charge in [-0.3, -0.25) is 9.80 Å². The van der Waals surface area contributed by atoms with Crippen LogP contribution in [-0.4, -0.2) is 48.1 Å². The summed E-state index contributed by atoms with van der Waals surface area (Å²) in [4.78, 5) is 5.49. The van der Waals surface area contributed by atoms with Crippen LogP contribution in [0.15, 0.2) is 0 Å². The van der Waals surface area contributed by atoms with Crippen LogP contribution in [0.2, 0.25) is 0 Å². The zero-order valence-corrected chi connectivity index (χ0v) is 11.4. The summed E-state index contributed by atoms with van der Waals surface area (Å²) in [6.45, 7) is 14.6. The summed E-state index contributed by atoms with van der Waals surface area (Å²) in [5.41, 5.74) is 0. The van der Waals surface area contributed by atoms with Gasteiger partial charge in [0.05, 0.1) is 0 Å². The van der Waals surface area contributed by atoms with Gasteiger partial charge in [-0.2, -0.15) is 0 Å². The Kier molecular flexibility index (Phi) is 3.91. The van der Waals surface area contributed by atoms with Gasteiger partial charge in [-0.1, -0.05) is 27.7 Å². The molecule has 2 bridgehead atoms. The maximum absolute atomic E-state index is 2.79. The van der Waals surface area contributed by atoms with E-state index < -0.39 is 0 Å². The molecule has 2 heteroatoms. The van der Waals surface area contributed by atoms with E-state index in [2.05, 4.69) is 37.5 Å². The van der Waals surface area contributed by atoms with Crippen molar-refractivity contribution in [1.29, 1.82) is 0 Å². The van der Waals surface area contributed by atoms with Crippen LogP contribution >= 0.6 is 0 Å².